The highest BCUT2D eigenvalue weighted by Gasteiger charge is 2.26. The molecule has 1 amide bonds. The molecule has 0 spiro atoms. The molecule has 0 aromatic rings. The fourth-order valence-corrected chi connectivity index (χ4v) is 2.15. The third-order valence-corrected chi connectivity index (χ3v) is 3.61. The monoisotopic (exact) mass is 233 g/mol. The summed E-state index contributed by atoms with van der Waals surface area (Å²) in [4.78, 5) is 11.6. The molecule has 1 saturated carbocycles. The highest BCUT2D eigenvalue weighted by molar-refractivity contribution is 6.19. The quantitative estimate of drug-likeness (QED) is 0.724. The fraction of sp³-hybridized carbons (Fsp3) is 0.909. The van der Waals surface area contributed by atoms with Crippen molar-refractivity contribution < 1.29 is 9.90 Å². The molecule has 0 aromatic carbocycles. The average molecular weight is 234 g/mol. The normalized spacial score (nSPS) is 28.5. The van der Waals surface area contributed by atoms with Crippen molar-refractivity contribution in [1.82, 2.24) is 5.32 Å². The highest BCUT2D eigenvalue weighted by Crippen LogP contribution is 2.24. The number of aliphatic hydroxyl groups excluding tert-OH is 1. The molecule has 1 rings (SSSR count). The third-order valence-electron chi connectivity index (χ3n) is 3.15. The number of rotatable bonds is 4. The van der Waals surface area contributed by atoms with Gasteiger partial charge in [0.05, 0.1) is 0 Å². The van der Waals surface area contributed by atoms with E-state index in [4.69, 9.17) is 11.6 Å². The van der Waals surface area contributed by atoms with Crippen LogP contribution in [0.4, 0.5) is 0 Å². The molecule has 0 aliphatic heterocycles. The van der Waals surface area contributed by atoms with E-state index in [1.165, 1.54) is 0 Å². The van der Waals surface area contributed by atoms with Crippen LogP contribution in [0.2, 0.25) is 0 Å². The van der Waals surface area contributed by atoms with Crippen molar-refractivity contribution in [1.29, 1.82) is 0 Å². The second-order valence-corrected chi connectivity index (χ2v) is 4.71. The molecule has 1 aliphatic carbocycles. The van der Waals surface area contributed by atoms with Crippen LogP contribution in [0, 0.1) is 11.8 Å². The van der Waals surface area contributed by atoms with E-state index in [2.05, 4.69) is 5.32 Å². The molecule has 0 heterocycles. The Bertz CT molecular complexity index is 211. The van der Waals surface area contributed by atoms with E-state index in [0.29, 0.717) is 5.88 Å². The van der Waals surface area contributed by atoms with Gasteiger partial charge in [0.15, 0.2) is 0 Å². The lowest BCUT2D eigenvalue weighted by Crippen LogP contribution is -2.45. The molecule has 15 heavy (non-hydrogen) atoms. The molecular weight excluding hydrogens is 214 g/mol. The van der Waals surface area contributed by atoms with Crippen LogP contribution in [0.3, 0.4) is 0 Å². The summed E-state index contributed by atoms with van der Waals surface area (Å²) in [5, 5.41) is 12.2. The van der Waals surface area contributed by atoms with Gasteiger partial charge in [-0.2, -0.15) is 0 Å². The van der Waals surface area contributed by atoms with Gasteiger partial charge in [0.2, 0.25) is 5.91 Å². The van der Waals surface area contributed by atoms with Gasteiger partial charge in [-0.1, -0.05) is 19.8 Å². The second-order valence-electron chi connectivity index (χ2n) is 4.40. The van der Waals surface area contributed by atoms with Gasteiger partial charge in [0, 0.05) is 30.4 Å². The summed E-state index contributed by atoms with van der Waals surface area (Å²) >= 11 is 5.62. The van der Waals surface area contributed by atoms with Crippen molar-refractivity contribution >= 4 is 17.5 Å². The number of hydrogen-bond donors (Lipinski definition) is 2. The van der Waals surface area contributed by atoms with Crippen molar-refractivity contribution in [2.24, 2.45) is 11.8 Å². The Morgan fingerprint density at radius 1 is 1.53 bits per heavy atom. The number of nitrogens with one attached hydrogen (secondary N) is 1. The van der Waals surface area contributed by atoms with E-state index < -0.39 is 0 Å². The average Bonchev–Trinajstić information content (AvgIpc) is 2.28. The standard InChI is InChI=1S/C11H20ClNO2/c1-8(6-12)11(15)13-10-5-3-2-4-9(10)7-14/h8-10,14H,2-7H2,1H3,(H,13,15). The van der Waals surface area contributed by atoms with Crippen molar-refractivity contribution in [2.75, 3.05) is 12.5 Å². The SMILES string of the molecule is CC(CCl)C(=O)NC1CCCCC1CO. The molecule has 88 valence electrons. The predicted octanol–water partition coefficient (Wildman–Crippen LogP) is 1.53. The lowest BCUT2D eigenvalue weighted by Gasteiger charge is -2.31. The largest absolute Gasteiger partial charge is 0.396 e. The zero-order valence-electron chi connectivity index (χ0n) is 9.21. The van der Waals surface area contributed by atoms with Gasteiger partial charge in [0.25, 0.3) is 0 Å². The summed E-state index contributed by atoms with van der Waals surface area (Å²) in [6.45, 7) is 1.99. The lowest BCUT2D eigenvalue weighted by atomic mass is 9.85. The van der Waals surface area contributed by atoms with Crippen LogP contribution in [0.25, 0.3) is 0 Å². The van der Waals surface area contributed by atoms with E-state index in [9.17, 15) is 9.90 Å². The first-order valence-corrected chi connectivity index (χ1v) is 6.19. The van der Waals surface area contributed by atoms with Crippen molar-refractivity contribution in [3.05, 3.63) is 0 Å². The van der Waals surface area contributed by atoms with Crippen LogP contribution in [0.15, 0.2) is 0 Å². The van der Waals surface area contributed by atoms with Gasteiger partial charge in [-0.05, 0) is 12.8 Å². The molecule has 2 N–H and O–H groups in total. The Morgan fingerprint density at radius 2 is 2.20 bits per heavy atom. The van der Waals surface area contributed by atoms with Gasteiger partial charge in [-0.3, -0.25) is 4.79 Å². The molecule has 3 nitrogen and oxygen atoms in total. The van der Waals surface area contributed by atoms with Crippen LogP contribution >= 0.6 is 11.6 Å². The topological polar surface area (TPSA) is 49.3 Å². The number of aliphatic hydroxyl groups is 1. The summed E-state index contributed by atoms with van der Waals surface area (Å²) < 4.78 is 0. The smallest absolute Gasteiger partial charge is 0.224 e. The molecule has 3 atom stereocenters. The van der Waals surface area contributed by atoms with Gasteiger partial charge < -0.3 is 10.4 Å². The predicted molar refractivity (Wildman–Crippen MR) is 60.9 cm³/mol. The Balaban J connectivity index is 2.44. The minimum absolute atomic E-state index is 0.00958. The molecule has 0 radical (unpaired) electrons. The Kier molecular flexibility index (Phi) is 5.40. The van der Waals surface area contributed by atoms with Crippen LogP contribution < -0.4 is 5.32 Å². The van der Waals surface area contributed by atoms with E-state index in [1.807, 2.05) is 6.92 Å². The first kappa shape index (κ1) is 12.8. The van der Waals surface area contributed by atoms with Crippen LogP contribution in [-0.4, -0.2) is 29.5 Å². The zero-order valence-corrected chi connectivity index (χ0v) is 9.96. The number of halogens is 1. The molecule has 1 fully saturated rings. The minimum atomic E-state index is -0.145. The molecule has 1 aliphatic rings. The second kappa shape index (κ2) is 6.33. The molecule has 4 heteroatoms. The minimum Gasteiger partial charge on any atom is -0.396 e. The summed E-state index contributed by atoms with van der Waals surface area (Å²) in [5.74, 6) is 0.441. The maximum absolute atomic E-state index is 11.6. The number of alkyl halides is 1. The number of hydrogen-bond acceptors (Lipinski definition) is 2. The van der Waals surface area contributed by atoms with Crippen LogP contribution in [0.1, 0.15) is 32.6 Å². The summed E-state index contributed by atoms with van der Waals surface area (Å²) in [6, 6.07) is 0.141. The molecule has 0 bridgehead atoms. The van der Waals surface area contributed by atoms with Gasteiger partial charge >= 0.3 is 0 Å². The van der Waals surface area contributed by atoms with Crippen molar-refractivity contribution in [2.45, 2.75) is 38.6 Å². The zero-order chi connectivity index (χ0) is 11.3. The number of amides is 1. The van der Waals surface area contributed by atoms with E-state index >= 15 is 0 Å². The van der Waals surface area contributed by atoms with Crippen LogP contribution in [-0.2, 0) is 4.79 Å². The lowest BCUT2D eigenvalue weighted by molar-refractivity contribution is -0.125. The van der Waals surface area contributed by atoms with Gasteiger partial charge in [0.1, 0.15) is 0 Å². The summed E-state index contributed by atoms with van der Waals surface area (Å²) in [6.07, 6.45) is 4.28. The maximum Gasteiger partial charge on any atom is 0.224 e. The first-order valence-electron chi connectivity index (χ1n) is 5.66. The summed E-state index contributed by atoms with van der Waals surface area (Å²) in [7, 11) is 0. The molecule has 0 aromatic heterocycles. The molecule has 3 unspecified atom stereocenters. The number of carbonyl (C=O) groups is 1. The van der Waals surface area contributed by atoms with E-state index in [0.717, 1.165) is 25.7 Å². The molecular formula is C11H20ClNO2. The first-order chi connectivity index (χ1) is 7.19. The van der Waals surface area contributed by atoms with Crippen molar-refractivity contribution in [3.8, 4) is 0 Å². The Labute approximate surface area is 96.2 Å². The Morgan fingerprint density at radius 3 is 2.80 bits per heavy atom. The van der Waals surface area contributed by atoms with Crippen LogP contribution in [0.5, 0.6) is 0 Å². The fourth-order valence-electron chi connectivity index (χ4n) is 2.01. The van der Waals surface area contributed by atoms with Crippen molar-refractivity contribution in [3.63, 3.8) is 0 Å². The summed E-state index contributed by atoms with van der Waals surface area (Å²) in [5.41, 5.74) is 0. The van der Waals surface area contributed by atoms with E-state index in [-0.39, 0.29) is 30.4 Å². The third kappa shape index (κ3) is 3.65. The van der Waals surface area contributed by atoms with Gasteiger partial charge in [-0.15, -0.1) is 11.6 Å². The Hall–Kier alpha value is -0.280. The maximum atomic E-state index is 11.6. The molecule has 0 saturated heterocycles. The highest BCUT2D eigenvalue weighted by atomic mass is 35.5. The number of carbonyl (C=O) groups excluding carboxylic acids is 1. The van der Waals surface area contributed by atoms with Gasteiger partial charge in [-0.25, -0.2) is 0 Å². The van der Waals surface area contributed by atoms with E-state index in [1.54, 1.807) is 0 Å².